The Labute approximate surface area is 108 Å². The zero-order chi connectivity index (χ0) is 12.8. The lowest BCUT2D eigenvalue weighted by Gasteiger charge is -2.23. The van der Waals surface area contributed by atoms with Gasteiger partial charge >= 0.3 is 0 Å². The molecule has 2 aromatic rings. The molecule has 1 aliphatic rings. The van der Waals surface area contributed by atoms with Crippen LogP contribution in [-0.4, -0.2) is 27.7 Å². The van der Waals surface area contributed by atoms with Crippen molar-refractivity contribution in [1.29, 1.82) is 0 Å². The van der Waals surface area contributed by atoms with E-state index in [-0.39, 0.29) is 5.41 Å². The highest BCUT2D eigenvalue weighted by Crippen LogP contribution is 2.29. The summed E-state index contributed by atoms with van der Waals surface area (Å²) in [7, 11) is 0. The van der Waals surface area contributed by atoms with Gasteiger partial charge in [-0.15, -0.1) is 0 Å². The quantitative estimate of drug-likeness (QED) is 0.773. The second-order valence-corrected chi connectivity index (χ2v) is 6.04. The Morgan fingerprint density at radius 1 is 1.11 bits per heavy atom. The van der Waals surface area contributed by atoms with Gasteiger partial charge in [-0.1, -0.05) is 26.8 Å². The van der Waals surface area contributed by atoms with Crippen LogP contribution < -0.4 is 4.90 Å². The molecule has 0 aromatic carbocycles. The van der Waals surface area contributed by atoms with E-state index >= 15 is 0 Å². The first-order valence-electron chi connectivity index (χ1n) is 6.65. The summed E-state index contributed by atoms with van der Waals surface area (Å²) < 4.78 is 1.99. The van der Waals surface area contributed by atoms with Crippen LogP contribution in [0.1, 0.15) is 39.2 Å². The molecule has 1 aliphatic heterocycles. The Kier molecular flexibility index (Phi) is 2.54. The zero-order valence-electron chi connectivity index (χ0n) is 11.3. The van der Waals surface area contributed by atoms with Crippen molar-refractivity contribution in [3.63, 3.8) is 0 Å². The molecule has 0 spiro atoms. The second-order valence-electron chi connectivity index (χ2n) is 6.04. The lowest BCUT2D eigenvalue weighted by Crippen LogP contribution is -2.22. The number of pyridine rings is 1. The molecule has 3 rings (SSSR count). The number of anilines is 1. The molecule has 0 N–H and O–H groups in total. The molecule has 0 unspecified atom stereocenters. The van der Waals surface area contributed by atoms with Gasteiger partial charge in [-0.2, -0.15) is 9.61 Å². The van der Waals surface area contributed by atoms with Crippen molar-refractivity contribution in [2.75, 3.05) is 18.0 Å². The van der Waals surface area contributed by atoms with Gasteiger partial charge in [0.25, 0.3) is 0 Å². The molecule has 0 saturated carbocycles. The van der Waals surface area contributed by atoms with Gasteiger partial charge in [0.15, 0.2) is 5.65 Å². The van der Waals surface area contributed by atoms with Crippen LogP contribution in [0.3, 0.4) is 0 Å². The van der Waals surface area contributed by atoms with Crippen molar-refractivity contribution >= 4 is 11.5 Å². The van der Waals surface area contributed by atoms with Gasteiger partial charge in [0.05, 0.1) is 0 Å². The second kappa shape index (κ2) is 3.97. The van der Waals surface area contributed by atoms with Crippen molar-refractivity contribution in [3.05, 3.63) is 24.0 Å². The minimum atomic E-state index is 0.0951. The highest BCUT2D eigenvalue weighted by atomic mass is 15.4. The molecule has 0 radical (unpaired) electrons. The van der Waals surface area contributed by atoms with Gasteiger partial charge in [0, 0.05) is 18.7 Å². The maximum absolute atomic E-state index is 4.44. The molecule has 1 fully saturated rings. The molecule has 0 aliphatic carbocycles. The smallest absolute Gasteiger partial charge is 0.161 e. The Morgan fingerprint density at radius 2 is 1.83 bits per heavy atom. The third-order valence-electron chi connectivity index (χ3n) is 3.64. The highest BCUT2D eigenvalue weighted by Gasteiger charge is 2.22. The number of hydrogen-bond acceptors (Lipinski definition) is 3. The molecule has 0 bridgehead atoms. The SMILES string of the molecule is CC(C)(C)c1ccc(N2CCCC2)n2ncnc12. The summed E-state index contributed by atoms with van der Waals surface area (Å²) in [5.41, 5.74) is 2.34. The monoisotopic (exact) mass is 244 g/mol. The molecule has 96 valence electrons. The van der Waals surface area contributed by atoms with Crippen molar-refractivity contribution in [3.8, 4) is 0 Å². The normalized spacial score (nSPS) is 16.7. The number of aromatic nitrogens is 3. The maximum atomic E-state index is 4.44. The average molecular weight is 244 g/mol. The molecule has 4 nitrogen and oxygen atoms in total. The molecule has 4 heteroatoms. The van der Waals surface area contributed by atoms with Gasteiger partial charge in [-0.05, 0) is 24.3 Å². The van der Waals surface area contributed by atoms with Crippen LogP contribution in [0.25, 0.3) is 5.65 Å². The largest absolute Gasteiger partial charge is 0.356 e. The Balaban J connectivity index is 2.16. The van der Waals surface area contributed by atoms with E-state index in [4.69, 9.17) is 0 Å². The van der Waals surface area contributed by atoms with E-state index in [2.05, 4.69) is 47.9 Å². The third kappa shape index (κ3) is 1.76. The van der Waals surface area contributed by atoms with E-state index in [0.29, 0.717) is 0 Å². The highest BCUT2D eigenvalue weighted by molar-refractivity contribution is 5.58. The summed E-state index contributed by atoms with van der Waals surface area (Å²) in [6.45, 7) is 8.90. The topological polar surface area (TPSA) is 33.4 Å². The molecule has 0 atom stereocenters. The lowest BCUT2D eigenvalue weighted by molar-refractivity contribution is 0.590. The van der Waals surface area contributed by atoms with Crippen LogP contribution >= 0.6 is 0 Å². The predicted molar refractivity (Wildman–Crippen MR) is 73.1 cm³/mol. The maximum Gasteiger partial charge on any atom is 0.161 e. The first kappa shape index (κ1) is 11.5. The molecule has 1 saturated heterocycles. The van der Waals surface area contributed by atoms with E-state index in [9.17, 15) is 0 Å². The summed E-state index contributed by atoms with van der Waals surface area (Å²) in [5, 5.41) is 4.40. The Hall–Kier alpha value is -1.58. The molecule has 2 aromatic heterocycles. The third-order valence-corrected chi connectivity index (χ3v) is 3.64. The van der Waals surface area contributed by atoms with Gasteiger partial charge in [-0.25, -0.2) is 4.98 Å². The molecule has 3 heterocycles. The Bertz CT molecular complexity index is 559. The van der Waals surface area contributed by atoms with Crippen LogP contribution in [0.2, 0.25) is 0 Å². The van der Waals surface area contributed by atoms with E-state index in [1.807, 2.05) is 4.52 Å². The zero-order valence-corrected chi connectivity index (χ0v) is 11.3. The first-order chi connectivity index (χ1) is 8.57. The number of fused-ring (bicyclic) bond motifs is 1. The Morgan fingerprint density at radius 3 is 2.50 bits per heavy atom. The van der Waals surface area contributed by atoms with Gasteiger partial charge in [0.2, 0.25) is 0 Å². The summed E-state index contributed by atoms with van der Waals surface area (Å²) >= 11 is 0. The van der Waals surface area contributed by atoms with Crippen molar-refractivity contribution < 1.29 is 0 Å². The minimum Gasteiger partial charge on any atom is -0.356 e. The molecular weight excluding hydrogens is 224 g/mol. The average Bonchev–Trinajstić information content (AvgIpc) is 2.97. The number of rotatable bonds is 1. The van der Waals surface area contributed by atoms with E-state index in [1.165, 1.54) is 24.2 Å². The van der Waals surface area contributed by atoms with Crippen LogP contribution in [0.15, 0.2) is 18.5 Å². The van der Waals surface area contributed by atoms with Crippen LogP contribution in [0.5, 0.6) is 0 Å². The minimum absolute atomic E-state index is 0.0951. The first-order valence-corrected chi connectivity index (χ1v) is 6.65. The van der Waals surface area contributed by atoms with Crippen molar-refractivity contribution in [2.24, 2.45) is 0 Å². The van der Waals surface area contributed by atoms with Crippen molar-refractivity contribution in [1.82, 2.24) is 14.6 Å². The van der Waals surface area contributed by atoms with Gasteiger partial charge in [0.1, 0.15) is 12.1 Å². The predicted octanol–water partition coefficient (Wildman–Crippen LogP) is 2.63. The molecular formula is C14H20N4. The van der Waals surface area contributed by atoms with E-state index < -0.39 is 0 Å². The fourth-order valence-corrected chi connectivity index (χ4v) is 2.67. The fraction of sp³-hybridized carbons (Fsp3) is 0.571. The summed E-state index contributed by atoms with van der Waals surface area (Å²) in [6, 6.07) is 4.39. The van der Waals surface area contributed by atoms with E-state index in [0.717, 1.165) is 18.7 Å². The van der Waals surface area contributed by atoms with Crippen LogP contribution in [-0.2, 0) is 5.41 Å². The molecule has 18 heavy (non-hydrogen) atoms. The number of nitrogens with zero attached hydrogens (tertiary/aromatic N) is 4. The molecule has 0 amide bonds. The lowest BCUT2D eigenvalue weighted by atomic mass is 9.88. The van der Waals surface area contributed by atoms with E-state index in [1.54, 1.807) is 6.33 Å². The summed E-state index contributed by atoms with van der Waals surface area (Å²) in [6.07, 6.45) is 4.21. The summed E-state index contributed by atoms with van der Waals surface area (Å²) in [4.78, 5) is 6.84. The van der Waals surface area contributed by atoms with Gasteiger partial charge < -0.3 is 4.90 Å². The standard InChI is InChI=1S/C14H20N4/c1-14(2,3)11-6-7-12(17-8-4-5-9-17)18-13(11)15-10-16-18/h6-7,10H,4-5,8-9H2,1-3H3. The fourth-order valence-electron chi connectivity index (χ4n) is 2.67. The number of hydrogen-bond donors (Lipinski definition) is 0. The van der Waals surface area contributed by atoms with Crippen molar-refractivity contribution in [2.45, 2.75) is 39.0 Å². The van der Waals surface area contributed by atoms with Gasteiger partial charge in [-0.3, -0.25) is 0 Å². The van der Waals surface area contributed by atoms with Crippen LogP contribution in [0, 0.1) is 0 Å². The summed E-state index contributed by atoms with van der Waals surface area (Å²) in [5.74, 6) is 1.17. The van der Waals surface area contributed by atoms with Crippen LogP contribution in [0.4, 0.5) is 5.82 Å².